The number of carbonyl (C=O) groups excluding carboxylic acids is 1. The molecular formula is C15H18N2O3. The van der Waals surface area contributed by atoms with Crippen LogP contribution in [0.5, 0.6) is 0 Å². The first-order valence-electron chi connectivity index (χ1n) is 6.91. The lowest BCUT2D eigenvalue weighted by molar-refractivity contribution is -0.120. The molecule has 0 aliphatic heterocycles. The maximum atomic E-state index is 12.4. The van der Waals surface area contributed by atoms with Gasteiger partial charge < -0.3 is 15.7 Å². The maximum absolute atomic E-state index is 12.4. The Balaban J connectivity index is 1.78. The van der Waals surface area contributed by atoms with Gasteiger partial charge in [0, 0.05) is 13.0 Å². The number of aromatic carboxylic acids is 1. The Morgan fingerprint density at radius 1 is 1.30 bits per heavy atom. The van der Waals surface area contributed by atoms with Gasteiger partial charge in [0.25, 0.3) is 0 Å². The second-order valence-electron chi connectivity index (χ2n) is 5.76. The molecule has 5 heteroatoms. The van der Waals surface area contributed by atoms with Crippen LogP contribution in [-0.4, -0.2) is 24.0 Å². The molecule has 1 amide bonds. The largest absolute Gasteiger partial charge is 0.478 e. The van der Waals surface area contributed by atoms with Crippen molar-refractivity contribution in [2.75, 3.05) is 17.7 Å². The monoisotopic (exact) mass is 274 g/mol. The van der Waals surface area contributed by atoms with E-state index in [0.29, 0.717) is 23.2 Å². The fourth-order valence-electron chi connectivity index (χ4n) is 3.52. The molecule has 106 valence electrons. The maximum Gasteiger partial charge on any atom is 0.335 e. The summed E-state index contributed by atoms with van der Waals surface area (Å²) in [5.74, 6) is 0.352. The van der Waals surface area contributed by atoms with Gasteiger partial charge in [-0.05, 0) is 42.9 Å². The zero-order valence-corrected chi connectivity index (χ0v) is 11.4. The molecule has 5 nitrogen and oxygen atoms in total. The van der Waals surface area contributed by atoms with Crippen molar-refractivity contribution in [2.45, 2.75) is 19.3 Å². The van der Waals surface area contributed by atoms with Gasteiger partial charge in [0.05, 0.1) is 16.9 Å². The van der Waals surface area contributed by atoms with Gasteiger partial charge in [0.1, 0.15) is 0 Å². The summed E-state index contributed by atoms with van der Waals surface area (Å²) in [6, 6.07) is 4.48. The lowest BCUT2D eigenvalue weighted by Crippen LogP contribution is -2.30. The Bertz CT molecular complexity index is 574. The van der Waals surface area contributed by atoms with Crippen LogP contribution in [0, 0.1) is 17.8 Å². The number of rotatable bonds is 3. The molecule has 2 fully saturated rings. The van der Waals surface area contributed by atoms with Crippen molar-refractivity contribution in [2.24, 2.45) is 17.8 Å². The summed E-state index contributed by atoms with van der Waals surface area (Å²) in [5, 5.41) is 8.92. The van der Waals surface area contributed by atoms with Crippen molar-refractivity contribution >= 4 is 23.3 Å². The number of carboxylic acids is 1. The fraction of sp³-hybridized carbons (Fsp3) is 0.467. The Morgan fingerprint density at radius 2 is 1.95 bits per heavy atom. The molecule has 2 saturated carbocycles. The normalized spacial score (nSPS) is 26.9. The van der Waals surface area contributed by atoms with Crippen molar-refractivity contribution in [3.63, 3.8) is 0 Å². The minimum atomic E-state index is -1.02. The van der Waals surface area contributed by atoms with E-state index < -0.39 is 5.97 Å². The van der Waals surface area contributed by atoms with E-state index >= 15 is 0 Å². The zero-order valence-electron chi connectivity index (χ0n) is 11.4. The summed E-state index contributed by atoms with van der Waals surface area (Å²) in [6.45, 7) is 0. The predicted molar refractivity (Wildman–Crippen MR) is 75.5 cm³/mol. The van der Waals surface area contributed by atoms with E-state index in [4.69, 9.17) is 10.8 Å². The van der Waals surface area contributed by atoms with Gasteiger partial charge >= 0.3 is 5.97 Å². The number of anilines is 2. The van der Waals surface area contributed by atoms with Crippen LogP contribution in [0.25, 0.3) is 0 Å². The number of benzene rings is 1. The van der Waals surface area contributed by atoms with Gasteiger partial charge in [0.15, 0.2) is 0 Å². The van der Waals surface area contributed by atoms with Crippen molar-refractivity contribution in [1.29, 1.82) is 0 Å². The molecule has 20 heavy (non-hydrogen) atoms. The van der Waals surface area contributed by atoms with Gasteiger partial charge in [-0.2, -0.15) is 0 Å². The van der Waals surface area contributed by atoms with Gasteiger partial charge in [-0.1, -0.05) is 6.42 Å². The number of hydrogen-bond acceptors (Lipinski definition) is 3. The smallest absolute Gasteiger partial charge is 0.335 e. The number of fused-ring (bicyclic) bond motifs is 1. The van der Waals surface area contributed by atoms with Crippen LogP contribution < -0.4 is 10.6 Å². The van der Waals surface area contributed by atoms with Crippen molar-refractivity contribution in [3.8, 4) is 0 Å². The fourth-order valence-corrected chi connectivity index (χ4v) is 3.52. The molecule has 1 aromatic carbocycles. The van der Waals surface area contributed by atoms with E-state index in [0.717, 1.165) is 12.8 Å². The van der Waals surface area contributed by atoms with Crippen LogP contribution in [0.4, 0.5) is 11.4 Å². The standard InChI is InChI=1S/C15H18N2O3/c1-17(14(18)13-9-3-2-4-10(9)13)12-6-5-8(15(19)20)7-11(12)16/h5-7,9-10,13H,2-4,16H2,1H3,(H,19,20). The van der Waals surface area contributed by atoms with E-state index in [1.54, 1.807) is 18.0 Å². The Morgan fingerprint density at radius 3 is 2.50 bits per heavy atom. The molecule has 2 aliphatic rings. The summed E-state index contributed by atoms with van der Waals surface area (Å²) in [5.41, 5.74) is 6.93. The molecule has 0 radical (unpaired) electrons. The van der Waals surface area contributed by atoms with Crippen LogP contribution >= 0.6 is 0 Å². The highest BCUT2D eigenvalue weighted by Gasteiger charge is 2.57. The first kappa shape index (κ1) is 13.0. The summed E-state index contributed by atoms with van der Waals surface area (Å²) in [6.07, 6.45) is 3.54. The second kappa shape index (κ2) is 4.51. The number of nitrogens with zero attached hydrogens (tertiary/aromatic N) is 1. The number of nitrogen functional groups attached to an aromatic ring is 1. The van der Waals surface area contributed by atoms with Crippen molar-refractivity contribution in [1.82, 2.24) is 0 Å². The third-order valence-electron chi connectivity index (χ3n) is 4.66. The Kier molecular flexibility index (Phi) is 2.92. The molecule has 2 atom stereocenters. The number of nitrogens with two attached hydrogens (primary N) is 1. The number of carboxylic acid groups (broad SMARTS) is 1. The van der Waals surface area contributed by atoms with Crippen molar-refractivity contribution < 1.29 is 14.7 Å². The van der Waals surface area contributed by atoms with Gasteiger partial charge in [-0.25, -0.2) is 4.79 Å². The van der Waals surface area contributed by atoms with E-state index in [-0.39, 0.29) is 17.4 Å². The van der Waals surface area contributed by atoms with E-state index in [9.17, 15) is 9.59 Å². The molecule has 3 rings (SSSR count). The molecular weight excluding hydrogens is 256 g/mol. The molecule has 0 aromatic heterocycles. The molecule has 0 saturated heterocycles. The summed E-state index contributed by atoms with van der Waals surface area (Å²) in [7, 11) is 1.71. The molecule has 2 unspecified atom stereocenters. The minimum Gasteiger partial charge on any atom is -0.478 e. The molecule has 1 aromatic rings. The van der Waals surface area contributed by atoms with Crippen LogP contribution in [0.3, 0.4) is 0 Å². The highest BCUT2D eigenvalue weighted by Crippen LogP contribution is 2.58. The molecule has 0 bridgehead atoms. The number of hydrogen-bond donors (Lipinski definition) is 2. The molecule has 0 heterocycles. The van der Waals surface area contributed by atoms with Gasteiger partial charge in [-0.15, -0.1) is 0 Å². The topological polar surface area (TPSA) is 83.6 Å². The molecule has 2 aliphatic carbocycles. The lowest BCUT2D eigenvalue weighted by Gasteiger charge is -2.20. The molecule has 3 N–H and O–H groups in total. The Labute approximate surface area is 117 Å². The first-order chi connectivity index (χ1) is 9.50. The predicted octanol–water partition coefficient (Wildman–Crippen LogP) is 1.98. The third kappa shape index (κ3) is 1.94. The van der Waals surface area contributed by atoms with Crippen LogP contribution in [0.15, 0.2) is 18.2 Å². The highest BCUT2D eigenvalue weighted by molar-refractivity contribution is 6.00. The minimum absolute atomic E-state index is 0.106. The average molecular weight is 274 g/mol. The summed E-state index contributed by atoms with van der Waals surface area (Å²) in [4.78, 5) is 24.9. The van der Waals surface area contributed by atoms with Crippen molar-refractivity contribution in [3.05, 3.63) is 23.8 Å². The Hall–Kier alpha value is -2.04. The lowest BCUT2D eigenvalue weighted by atomic mass is 10.1. The van der Waals surface area contributed by atoms with E-state index in [2.05, 4.69) is 0 Å². The number of amides is 1. The SMILES string of the molecule is CN(C(=O)C1C2CCCC21)c1ccc(C(=O)O)cc1N. The van der Waals surface area contributed by atoms with E-state index in [1.165, 1.54) is 18.6 Å². The van der Waals surface area contributed by atoms with E-state index in [1.807, 2.05) is 0 Å². The van der Waals surface area contributed by atoms with Crippen LogP contribution in [0.1, 0.15) is 29.6 Å². The van der Waals surface area contributed by atoms with Crippen LogP contribution in [-0.2, 0) is 4.79 Å². The van der Waals surface area contributed by atoms with Crippen LogP contribution in [0.2, 0.25) is 0 Å². The zero-order chi connectivity index (χ0) is 14.4. The third-order valence-corrected chi connectivity index (χ3v) is 4.66. The summed E-state index contributed by atoms with van der Waals surface area (Å²) >= 11 is 0. The highest BCUT2D eigenvalue weighted by atomic mass is 16.4. The summed E-state index contributed by atoms with van der Waals surface area (Å²) < 4.78 is 0. The second-order valence-corrected chi connectivity index (χ2v) is 5.76. The first-order valence-corrected chi connectivity index (χ1v) is 6.91. The average Bonchev–Trinajstić information content (AvgIpc) is 2.89. The number of carbonyl (C=O) groups is 2. The van der Waals surface area contributed by atoms with Gasteiger partial charge in [0.2, 0.25) is 5.91 Å². The molecule has 0 spiro atoms. The van der Waals surface area contributed by atoms with Gasteiger partial charge in [-0.3, -0.25) is 4.79 Å². The quantitative estimate of drug-likeness (QED) is 0.825.